The molecule has 1 N–H and O–H groups in total. The van der Waals surface area contributed by atoms with Crippen molar-refractivity contribution in [2.75, 3.05) is 34.0 Å². The topological polar surface area (TPSA) is 161 Å². The Morgan fingerprint density at radius 3 is 2.29 bits per heavy atom. The van der Waals surface area contributed by atoms with Gasteiger partial charge in [0.25, 0.3) is 5.56 Å². The van der Waals surface area contributed by atoms with E-state index in [0.717, 1.165) is 5.56 Å². The highest BCUT2D eigenvalue weighted by molar-refractivity contribution is 7.07. The van der Waals surface area contributed by atoms with Crippen molar-refractivity contribution in [3.05, 3.63) is 114 Å². The third-order valence-corrected chi connectivity index (χ3v) is 8.74. The highest BCUT2D eigenvalue weighted by Gasteiger charge is 2.34. The van der Waals surface area contributed by atoms with Crippen molar-refractivity contribution < 1.29 is 47.9 Å². The molecule has 1 aromatic heterocycles. The Kier molecular flexibility index (Phi) is 11.6. The van der Waals surface area contributed by atoms with Gasteiger partial charge in [-0.25, -0.2) is 19.4 Å². The first kappa shape index (κ1) is 36.4. The predicted molar refractivity (Wildman–Crippen MR) is 186 cm³/mol. The fourth-order valence-electron chi connectivity index (χ4n) is 5.33. The normalized spacial score (nSPS) is 13.9. The van der Waals surface area contributed by atoms with Crippen LogP contribution in [0.4, 0.5) is 0 Å². The van der Waals surface area contributed by atoms with Gasteiger partial charge in [-0.15, -0.1) is 0 Å². The van der Waals surface area contributed by atoms with Crippen LogP contribution < -0.4 is 33.8 Å². The average Bonchev–Trinajstić information content (AvgIpc) is 3.43. The lowest BCUT2D eigenvalue weighted by Gasteiger charge is -2.25. The van der Waals surface area contributed by atoms with E-state index in [0.29, 0.717) is 43.4 Å². The monoisotopic (exact) mass is 716 g/mol. The Bertz CT molecular complexity index is 2170. The fraction of sp³-hybridized carbons (Fsp3) is 0.270. The minimum absolute atomic E-state index is 0.121. The van der Waals surface area contributed by atoms with E-state index < -0.39 is 23.9 Å². The van der Waals surface area contributed by atoms with Gasteiger partial charge in [0, 0.05) is 0 Å². The number of carboxylic acids is 1. The molecule has 0 unspecified atom stereocenters. The summed E-state index contributed by atoms with van der Waals surface area (Å²) in [4.78, 5) is 55.4. The standard InChI is InChI=1S/C37H36N2O11S/c1-6-47-29-18-25(13-15-27(29)50-20-31(40)46-5)33-32(36(44)48-7-2)21(3)38-37-39(33)34(41)30(51-37)17-23-10-14-26(28(16-23)45-4)49-19-22-8-11-24(12-9-22)35(42)43/h8-18,33H,6-7,19-20H2,1-5H3,(H,42,43)/b30-17-/t33-/m1/s1. The van der Waals surface area contributed by atoms with Crippen LogP contribution in [0.3, 0.4) is 0 Å². The quantitative estimate of drug-likeness (QED) is 0.188. The molecular weight excluding hydrogens is 680 g/mol. The third-order valence-electron chi connectivity index (χ3n) is 7.75. The van der Waals surface area contributed by atoms with Crippen molar-refractivity contribution in [3.8, 4) is 23.0 Å². The number of fused-ring (bicyclic) bond motifs is 1. The van der Waals surface area contributed by atoms with Crippen molar-refractivity contribution in [1.82, 2.24) is 4.57 Å². The van der Waals surface area contributed by atoms with Gasteiger partial charge in [-0.1, -0.05) is 35.6 Å². The van der Waals surface area contributed by atoms with Gasteiger partial charge >= 0.3 is 17.9 Å². The molecule has 5 rings (SSSR count). The number of nitrogens with zero attached hydrogens (tertiary/aromatic N) is 2. The Morgan fingerprint density at radius 1 is 0.902 bits per heavy atom. The van der Waals surface area contributed by atoms with Gasteiger partial charge in [-0.05, 0) is 79.9 Å². The van der Waals surface area contributed by atoms with Gasteiger partial charge in [0.15, 0.2) is 34.4 Å². The summed E-state index contributed by atoms with van der Waals surface area (Å²) in [5, 5.41) is 9.14. The zero-order valence-corrected chi connectivity index (χ0v) is 29.4. The SMILES string of the molecule is CCOC(=O)C1=C(C)N=c2s/c(=C\c3ccc(OCc4ccc(C(=O)O)cc4)c(OC)c3)c(=O)n2[C@@H]1c1ccc(OCC(=O)OC)c(OCC)c1. The Labute approximate surface area is 296 Å². The minimum atomic E-state index is -1.01. The van der Waals surface area contributed by atoms with Gasteiger partial charge in [0.05, 0.1) is 54.8 Å². The number of aromatic carboxylic acids is 1. The molecule has 51 heavy (non-hydrogen) atoms. The van der Waals surface area contributed by atoms with Crippen LogP contribution in [0.15, 0.2) is 81.7 Å². The molecule has 13 nitrogen and oxygen atoms in total. The largest absolute Gasteiger partial charge is 0.493 e. The van der Waals surface area contributed by atoms with Crippen LogP contribution in [0.25, 0.3) is 6.08 Å². The van der Waals surface area contributed by atoms with E-state index in [-0.39, 0.29) is 48.9 Å². The lowest BCUT2D eigenvalue weighted by molar-refractivity contribution is -0.143. The summed E-state index contributed by atoms with van der Waals surface area (Å²) in [5.41, 5.74) is 2.36. The Balaban J connectivity index is 1.53. The smallest absolute Gasteiger partial charge is 0.343 e. The first-order valence-electron chi connectivity index (χ1n) is 15.9. The van der Waals surface area contributed by atoms with E-state index in [1.54, 1.807) is 75.4 Å². The van der Waals surface area contributed by atoms with E-state index in [1.807, 2.05) is 0 Å². The highest BCUT2D eigenvalue weighted by Crippen LogP contribution is 2.36. The molecule has 3 aromatic carbocycles. The van der Waals surface area contributed by atoms with Crippen molar-refractivity contribution in [2.45, 2.75) is 33.4 Å². The van der Waals surface area contributed by atoms with Gasteiger partial charge in [0.2, 0.25) is 0 Å². The fourth-order valence-corrected chi connectivity index (χ4v) is 6.38. The maximum absolute atomic E-state index is 14.2. The van der Waals surface area contributed by atoms with Crippen LogP contribution >= 0.6 is 11.3 Å². The summed E-state index contributed by atoms with van der Waals surface area (Å²) >= 11 is 1.17. The number of hydrogen-bond donors (Lipinski definition) is 1. The van der Waals surface area contributed by atoms with Gasteiger partial charge in [-0.2, -0.15) is 0 Å². The number of esters is 2. The molecule has 0 amide bonds. The number of aromatic nitrogens is 1. The van der Waals surface area contributed by atoms with Gasteiger partial charge in [-0.3, -0.25) is 9.36 Å². The summed E-state index contributed by atoms with van der Waals surface area (Å²) in [5.74, 6) is -0.709. The van der Waals surface area contributed by atoms with Crippen LogP contribution in [-0.2, 0) is 25.7 Å². The number of benzene rings is 3. The number of carbonyl (C=O) groups excluding carboxylic acids is 2. The molecule has 1 aliphatic rings. The maximum atomic E-state index is 14.2. The number of allylic oxidation sites excluding steroid dienone is 1. The molecule has 2 heterocycles. The van der Waals surface area contributed by atoms with Crippen LogP contribution in [0.5, 0.6) is 23.0 Å². The van der Waals surface area contributed by atoms with Gasteiger partial charge in [0.1, 0.15) is 6.61 Å². The minimum Gasteiger partial charge on any atom is -0.493 e. The van der Waals surface area contributed by atoms with Crippen LogP contribution in [0.2, 0.25) is 0 Å². The van der Waals surface area contributed by atoms with Crippen molar-refractivity contribution in [3.63, 3.8) is 0 Å². The number of thiazole rings is 1. The Hall–Kier alpha value is -5.89. The second-order valence-corrected chi connectivity index (χ2v) is 12.0. The molecule has 0 spiro atoms. The summed E-state index contributed by atoms with van der Waals surface area (Å²) in [6.45, 7) is 5.44. The second kappa shape index (κ2) is 16.2. The highest BCUT2D eigenvalue weighted by atomic mass is 32.1. The molecule has 0 radical (unpaired) electrons. The second-order valence-electron chi connectivity index (χ2n) is 11.0. The van der Waals surface area contributed by atoms with Crippen molar-refractivity contribution >= 4 is 35.3 Å². The van der Waals surface area contributed by atoms with E-state index in [9.17, 15) is 19.2 Å². The van der Waals surface area contributed by atoms with E-state index in [4.69, 9.17) is 28.8 Å². The molecule has 266 valence electrons. The molecular formula is C37H36N2O11S. The number of ether oxygens (including phenoxy) is 6. The maximum Gasteiger partial charge on any atom is 0.343 e. The van der Waals surface area contributed by atoms with Crippen LogP contribution in [-0.4, -0.2) is 61.6 Å². The molecule has 0 aliphatic carbocycles. The number of methoxy groups -OCH3 is 2. The molecule has 1 atom stereocenters. The lowest BCUT2D eigenvalue weighted by Crippen LogP contribution is -2.40. The zero-order valence-electron chi connectivity index (χ0n) is 28.6. The molecule has 14 heteroatoms. The van der Waals surface area contributed by atoms with Crippen LogP contribution in [0.1, 0.15) is 53.9 Å². The summed E-state index contributed by atoms with van der Waals surface area (Å²) in [6, 6.07) is 15.7. The molecule has 1 aliphatic heterocycles. The predicted octanol–water partition coefficient (Wildman–Crippen LogP) is 4.03. The average molecular weight is 717 g/mol. The number of carbonyl (C=O) groups is 3. The molecule has 0 saturated carbocycles. The summed E-state index contributed by atoms with van der Waals surface area (Å²) in [6.07, 6.45) is 1.70. The Morgan fingerprint density at radius 2 is 1.63 bits per heavy atom. The zero-order chi connectivity index (χ0) is 36.7. The van der Waals surface area contributed by atoms with Crippen molar-refractivity contribution in [1.29, 1.82) is 0 Å². The molecule has 4 aromatic rings. The van der Waals surface area contributed by atoms with Crippen LogP contribution in [0, 0.1) is 0 Å². The molecule has 0 saturated heterocycles. The number of hydrogen-bond acceptors (Lipinski definition) is 12. The van der Waals surface area contributed by atoms with Gasteiger partial charge < -0.3 is 33.5 Å². The first-order valence-corrected chi connectivity index (χ1v) is 16.7. The molecule has 0 bridgehead atoms. The molecule has 0 fully saturated rings. The third kappa shape index (κ3) is 8.13. The summed E-state index contributed by atoms with van der Waals surface area (Å²) < 4.78 is 34.9. The van der Waals surface area contributed by atoms with E-state index in [2.05, 4.69) is 9.73 Å². The van der Waals surface area contributed by atoms with E-state index in [1.165, 1.54) is 42.3 Å². The van der Waals surface area contributed by atoms with E-state index >= 15 is 0 Å². The first-order chi connectivity index (χ1) is 24.6. The lowest BCUT2D eigenvalue weighted by atomic mass is 9.95. The number of rotatable bonds is 14. The van der Waals surface area contributed by atoms with Crippen molar-refractivity contribution in [2.24, 2.45) is 4.99 Å². The summed E-state index contributed by atoms with van der Waals surface area (Å²) in [7, 11) is 2.76. The number of carboxylic acid groups (broad SMARTS) is 1.